The van der Waals surface area contributed by atoms with Crippen LogP contribution in [-0.2, 0) is 14.4 Å². The molecule has 1 aliphatic heterocycles. The van der Waals surface area contributed by atoms with Crippen LogP contribution < -0.4 is 20.3 Å². The van der Waals surface area contributed by atoms with E-state index in [-0.39, 0.29) is 42.5 Å². The highest BCUT2D eigenvalue weighted by atomic mass is 19.1. The minimum atomic E-state index is -0.382. The van der Waals surface area contributed by atoms with Crippen LogP contribution in [-0.4, -0.2) is 37.9 Å². The van der Waals surface area contributed by atoms with Crippen LogP contribution in [0.4, 0.5) is 15.8 Å². The maximum Gasteiger partial charge on any atom is 0.262 e. The van der Waals surface area contributed by atoms with Crippen LogP contribution in [0, 0.1) is 11.7 Å². The third-order valence-electron chi connectivity index (χ3n) is 4.39. The first kappa shape index (κ1) is 19.3. The summed E-state index contributed by atoms with van der Waals surface area (Å²) in [6.45, 7) is 0.122. The fourth-order valence-electron chi connectivity index (χ4n) is 2.94. The van der Waals surface area contributed by atoms with Gasteiger partial charge in [-0.2, -0.15) is 0 Å². The molecule has 0 aliphatic carbocycles. The number of nitrogens with one attached hydrogen (secondary N) is 2. The van der Waals surface area contributed by atoms with E-state index in [2.05, 4.69) is 10.6 Å². The lowest BCUT2D eigenvalue weighted by Crippen LogP contribution is -2.30. The first-order valence-electron chi connectivity index (χ1n) is 8.76. The van der Waals surface area contributed by atoms with Crippen molar-refractivity contribution in [2.24, 2.45) is 5.92 Å². The lowest BCUT2D eigenvalue weighted by Gasteiger charge is -2.17. The van der Waals surface area contributed by atoms with E-state index in [0.29, 0.717) is 23.7 Å². The number of rotatable bonds is 6. The minimum Gasteiger partial charge on any atom is -0.484 e. The summed E-state index contributed by atoms with van der Waals surface area (Å²) in [6.07, 6.45) is 0.182. The summed E-state index contributed by atoms with van der Waals surface area (Å²) >= 11 is 0. The van der Waals surface area contributed by atoms with Crippen molar-refractivity contribution in [2.75, 3.05) is 30.4 Å². The zero-order chi connectivity index (χ0) is 20.1. The maximum absolute atomic E-state index is 12.9. The molecule has 3 rings (SSSR count). The molecule has 1 heterocycles. The molecule has 1 saturated heterocycles. The van der Waals surface area contributed by atoms with Gasteiger partial charge in [-0.3, -0.25) is 14.4 Å². The third-order valence-corrected chi connectivity index (χ3v) is 4.39. The second-order valence-corrected chi connectivity index (χ2v) is 6.36. The van der Waals surface area contributed by atoms with Crippen molar-refractivity contribution < 1.29 is 23.5 Å². The molecule has 28 heavy (non-hydrogen) atoms. The molecule has 7 nitrogen and oxygen atoms in total. The van der Waals surface area contributed by atoms with E-state index in [1.807, 2.05) is 0 Å². The van der Waals surface area contributed by atoms with Crippen LogP contribution >= 0.6 is 0 Å². The van der Waals surface area contributed by atoms with Gasteiger partial charge in [0.15, 0.2) is 6.61 Å². The van der Waals surface area contributed by atoms with E-state index in [1.54, 1.807) is 36.2 Å². The van der Waals surface area contributed by atoms with Crippen LogP contribution in [0.2, 0.25) is 0 Å². The highest BCUT2D eigenvalue weighted by molar-refractivity contribution is 6.00. The van der Waals surface area contributed by atoms with E-state index in [4.69, 9.17) is 4.74 Å². The number of hydrogen-bond donors (Lipinski definition) is 2. The zero-order valence-electron chi connectivity index (χ0n) is 15.3. The third kappa shape index (κ3) is 4.64. The highest BCUT2D eigenvalue weighted by Crippen LogP contribution is 2.27. The Bertz CT molecular complexity index is 868. The summed E-state index contributed by atoms with van der Waals surface area (Å²) in [4.78, 5) is 37.3. The standard InChI is InChI=1S/C20H20FN3O4/c1-22-20(27)13-10-19(26)24(11-13)16-6-8-17(9-7-16)28-12-18(25)23-15-4-2-14(21)3-5-15/h2-9,13H,10-12H2,1H3,(H,22,27)(H,23,25)/t13-/m0/s1. The predicted molar refractivity (Wildman–Crippen MR) is 101 cm³/mol. The first-order chi connectivity index (χ1) is 13.5. The molecule has 0 aromatic heterocycles. The Morgan fingerprint density at radius 3 is 2.46 bits per heavy atom. The van der Waals surface area contributed by atoms with Crippen LogP contribution in [0.5, 0.6) is 5.75 Å². The van der Waals surface area contributed by atoms with Gasteiger partial charge in [0.1, 0.15) is 11.6 Å². The smallest absolute Gasteiger partial charge is 0.262 e. The summed E-state index contributed by atoms with van der Waals surface area (Å²) in [7, 11) is 1.55. The van der Waals surface area contributed by atoms with Crippen molar-refractivity contribution in [2.45, 2.75) is 6.42 Å². The Balaban J connectivity index is 1.53. The number of amides is 3. The fraction of sp³-hybridized carbons (Fsp3) is 0.250. The summed E-state index contributed by atoms with van der Waals surface area (Å²) < 4.78 is 18.3. The molecular formula is C20H20FN3O4. The average molecular weight is 385 g/mol. The molecule has 2 aromatic rings. The molecule has 0 saturated carbocycles. The number of carbonyl (C=O) groups excluding carboxylic acids is 3. The molecule has 3 amide bonds. The van der Waals surface area contributed by atoms with Crippen LogP contribution in [0.1, 0.15) is 6.42 Å². The van der Waals surface area contributed by atoms with Crippen molar-refractivity contribution in [3.63, 3.8) is 0 Å². The number of halogens is 1. The molecule has 0 spiro atoms. The Kier molecular flexibility index (Phi) is 5.88. The molecular weight excluding hydrogens is 365 g/mol. The van der Waals surface area contributed by atoms with Gasteiger partial charge in [-0.25, -0.2) is 4.39 Å². The van der Waals surface area contributed by atoms with Crippen molar-refractivity contribution in [3.8, 4) is 5.75 Å². The number of carbonyl (C=O) groups is 3. The van der Waals surface area contributed by atoms with Gasteiger partial charge in [0, 0.05) is 31.4 Å². The van der Waals surface area contributed by atoms with Gasteiger partial charge in [0.2, 0.25) is 11.8 Å². The quantitative estimate of drug-likeness (QED) is 0.796. The fourth-order valence-corrected chi connectivity index (χ4v) is 2.94. The van der Waals surface area contributed by atoms with Crippen molar-refractivity contribution in [1.82, 2.24) is 5.32 Å². The number of benzene rings is 2. The largest absolute Gasteiger partial charge is 0.484 e. The molecule has 1 fully saturated rings. The minimum absolute atomic E-state index is 0.110. The lowest BCUT2D eigenvalue weighted by atomic mass is 10.1. The summed E-state index contributed by atoms with van der Waals surface area (Å²) in [5.74, 6) is -0.911. The predicted octanol–water partition coefficient (Wildman–Crippen LogP) is 1.94. The molecule has 1 aliphatic rings. The van der Waals surface area contributed by atoms with E-state index < -0.39 is 0 Å². The lowest BCUT2D eigenvalue weighted by molar-refractivity contribution is -0.125. The average Bonchev–Trinajstić information content (AvgIpc) is 3.09. The normalized spacial score (nSPS) is 16.0. The number of nitrogens with zero attached hydrogens (tertiary/aromatic N) is 1. The van der Waals surface area contributed by atoms with Crippen molar-refractivity contribution >= 4 is 29.1 Å². The van der Waals surface area contributed by atoms with Gasteiger partial charge in [0.25, 0.3) is 5.91 Å². The molecule has 1 atom stereocenters. The first-order valence-corrected chi connectivity index (χ1v) is 8.76. The number of ether oxygens (including phenoxy) is 1. The van der Waals surface area contributed by atoms with Gasteiger partial charge < -0.3 is 20.3 Å². The topological polar surface area (TPSA) is 87.7 Å². The monoisotopic (exact) mass is 385 g/mol. The molecule has 2 aromatic carbocycles. The summed E-state index contributed by atoms with van der Waals surface area (Å²) in [5, 5.41) is 5.16. The second-order valence-electron chi connectivity index (χ2n) is 6.36. The molecule has 2 N–H and O–H groups in total. The van der Waals surface area contributed by atoms with E-state index in [0.717, 1.165) is 0 Å². The zero-order valence-corrected chi connectivity index (χ0v) is 15.3. The van der Waals surface area contributed by atoms with Gasteiger partial charge in [0.05, 0.1) is 5.92 Å². The van der Waals surface area contributed by atoms with Gasteiger partial charge >= 0.3 is 0 Å². The molecule has 8 heteroatoms. The van der Waals surface area contributed by atoms with Gasteiger partial charge in [-0.1, -0.05) is 0 Å². The Hall–Kier alpha value is -3.42. The van der Waals surface area contributed by atoms with Crippen LogP contribution in [0.25, 0.3) is 0 Å². The van der Waals surface area contributed by atoms with Crippen molar-refractivity contribution in [3.05, 3.63) is 54.3 Å². The van der Waals surface area contributed by atoms with Crippen LogP contribution in [0.3, 0.4) is 0 Å². The summed E-state index contributed by atoms with van der Waals surface area (Å²) in [5.41, 5.74) is 1.14. The molecule has 0 unspecified atom stereocenters. The molecule has 146 valence electrons. The SMILES string of the molecule is CNC(=O)[C@H]1CC(=O)N(c2ccc(OCC(=O)Nc3ccc(F)cc3)cc2)C1. The second kappa shape index (κ2) is 8.51. The Labute approximate surface area is 161 Å². The van der Waals surface area contributed by atoms with E-state index in [1.165, 1.54) is 24.3 Å². The van der Waals surface area contributed by atoms with E-state index in [9.17, 15) is 18.8 Å². The number of anilines is 2. The number of hydrogen-bond acceptors (Lipinski definition) is 4. The van der Waals surface area contributed by atoms with E-state index >= 15 is 0 Å². The molecule has 0 bridgehead atoms. The molecule has 0 radical (unpaired) electrons. The van der Waals surface area contributed by atoms with Gasteiger partial charge in [-0.15, -0.1) is 0 Å². The van der Waals surface area contributed by atoms with Gasteiger partial charge in [-0.05, 0) is 48.5 Å². The Morgan fingerprint density at radius 2 is 1.82 bits per heavy atom. The summed E-state index contributed by atoms with van der Waals surface area (Å²) in [6, 6.07) is 12.1. The maximum atomic E-state index is 12.9. The highest BCUT2D eigenvalue weighted by Gasteiger charge is 2.34. The van der Waals surface area contributed by atoms with Crippen molar-refractivity contribution in [1.29, 1.82) is 0 Å². The Morgan fingerprint density at radius 1 is 1.14 bits per heavy atom. The van der Waals surface area contributed by atoms with Crippen LogP contribution in [0.15, 0.2) is 48.5 Å².